The zero-order chi connectivity index (χ0) is 21.6. The van der Waals surface area contributed by atoms with Crippen molar-refractivity contribution < 1.29 is 14.0 Å². The van der Waals surface area contributed by atoms with Gasteiger partial charge in [-0.05, 0) is 42.3 Å². The third-order valence-electron chi connectivity index (χ3n) is 6.20. The number of benzene rings is 3. The third kappa shape index (κ3) is 3.03. The standard InChI is InChI=1S/C25H20ClFN2O2/c26-19-10-8-18(9-11-19)25-22-4-2-1-3-21(22)24(31)29(25)16-15-28(25)23(30)14-7-17-5-12-20(27)13-6-17/h1-6,8-13H,7,14-16H2. The van der Waals surface area contributed by atoms with Crippen molar-refractivity contribution in [2.75, 3.05) is 13.1 Å². The molecule has 0 spiro atoms. The van der Waals surface area contributed by atoms with Gasteiger partial charge in [0.05, 0.1) is 0 Å². The number of amides is 2. The van der Waals surface area contributed by atoms with E-state index in [0.717, 1.165) is 16.7 Å². The van der Waals surface area contributed by atoms with Crippen molar-refractivity contribution in [2.24, 2.45) is 0 Å². The van der Waals surface area contributed by atoms with Gasteiger partial charge in [-0.25, -0.2) is 4.39 Å². The van der Waals surface area contributed by atoms with Crippen LogP contribution in [-0.4, -0.2) is 34.7 Å². The lowest BCUT2D eigenvalue weighted by Gasteiger charge is -2.40. The number of hydrogen-bond donors (Lipinski definition) is 0. The summed E-state index contributed by atoms with van der Waals surface area (Å²) in [6.07, 6.45) is 0.771. The van der Waals surface area contributed by atoms with Gasteiger partial charge in [0.1, 0.15) is 5.82 Å². The summed E-state index contributed by atoms with van der Waals surface area (Å²) < 4.78 is 13.2. The molecule has 6 heteroatoms. The minimum Gasteiger partial charge on any atom is -0.310 e. The maximum Gasteiger partial charge on any atom is 0.256 e. The van der Waals surface area contributed by atoms with Crippen LogP contribution < -0.4 is 0 Å². The highest BCUT2D eigenvalue weighted by Gasteiger charge is 2.59. The van der Waals surface area contributed by atoms with E-state index in [1.807, 2.05) is 41.3 Å². The highest BCUT2D eigenvalue weighted by Crippen LogP contribution is 2.49. The Kier molecular flexibility index (Phi) is 4.78. The first-order chi connectivity index (χ1) is 15.0. The Morgan fingerprint density at radius 2 is 1.68 bits per heavy atom. The molecule has 0 N–H and O–H groups in total. The predicted octanol–water partition coefficient (Wildman–Crippen LogP) is 4.61. The van der Waals surface area contributed by atoms with Crippen LogP contribution in [-0.2, 0) is 16.9 Å². The van der Waals surface area contributed by atoms with Gasteiger partial charge in [0.25, 0.3) is 5.91 Å². The molecule has 2 amide bonds. The van der Waals surface area contributed by atoms with Crippen molar-refractivity contribution in [1.29, 1.82) is 0 Å². The summed E-state index contributed by atoms with van der Waals surface area (Å²) in [5.41, 5.74) is 2.19. The first-order valence-corrected chi connectivity index (χ1v) is 10.6. The molecule has 1 atom stereocenters. The average Bonchev–Trinajstić information content (AvgIpc) is 3.29. The lowest BCUT2D eigenvalue weighted by molar-refractivity contribution is -0.136. The second-order valence-electron chi connectivity index (χ2n) is 7.85. The maximum absolute atomic E-state index is 13.5. The minimum absolute atomic E-state index is 0.0497. The summed E-state index contributed by atoms with van der Waals surface area (Å²) in [6.45, 7) is 0.906. The van der Waals surface area contributed by atoms with Crippen LogP contribution in [0.15, 0.2) is 72.8 Å². The SMILES string of the molecule is O=C(CCc1ccc(F)cc1)N1CCN2C(=O)c3ccccc3C12c1ccc(Cl)cc1. The van der Waals surface area contributed by atoms with Crippen molar-refractivity contribution in [3.05, 3.63) is 106 Å². The van der Waals surface area contributed by atoms with Gasteiger partial charge < -0.3 is 9.80 Å². The zero-order valence-electron chi connectivity index (χ0n) is 16.7. The molecule has 3 aromatic rings. The van der Waals surface area contributed by atoms with Crippen molar-refractivity contribution >= 4 is 23.4 Å². The van der Waals surface area contributed by atoms with E-state index in [1.165, 1.54) is 12.1 Å². The molecule has 0 radical (unpaired) electrons. The fourth-order valence-electron chi connectivity index (χ4n) is 4.82. The van der Waals surface area contributed by atoms with E-state index >= 15 is 0 Å². The Hall–Kier alpha value is -3.18. The minimum atomic E-state index is -0.974. The number of rotatable bonds is 4. The van der Waals surface area contributed by atoms with E-state index in [9.17, 15) is 14.0 Å². The topological polar surface area (TPSA) is 40.6 Å². The van der Waals surface area contributed by atoms with E-state index in [2.05, 4.69) is 0 Å². The van der Waals surface area contributed by atoms with Crippen molar-refractivity contribution in [2.45, 2.75) is 18.5 Å². The summed E-state index contributed by atoms with van der Waals surface area (Å²) in [7, 11) is 0. The molecular formula is C25H20ClFN2O2. The van der Waals surface area contributed by atoms with Crippen LogP contribution in [0.1, 0.15) is 33.5 Å². The zero-order valence-corrected chi connectivity index (χ0v) is 17.5. The smallest absolute Gasteiger partial charge is 0.256 e. The van der Waals surface area contributed by atoms with E-state index in [1.54, 1.807) is 29.2 Å². The van der Waals surface area contributed by atoms with Crippen molar-refractivity contribution in [1.82, 2.24) is 9.80 Å². The van der Waals surface area contributed by atoms with Gasteiger partial charge in [-0.3, -0.25) is 9.59 Å². The summed E-state index contributed by atoms with van der Waals surface area (Å²) in [4.78, 5) is 30.3. The number of aryl methyl sites for hydroxylation is 1. The normalized spacial score (nSPS) is 19.5. The number of carbonyl (C=O) groups excluding carboxylic acids is 2. The average molecular weight is 435 g/mol. The van der Waals surface area contributed by atoms with Crippen LogP contribution >= 0.6 is 11.6 Å². The molecule has 2 aliphatic rings. The van der Waals surface area contributed by atoms with Gasteiger partial charge in [-0.2, -0.15) is 0 Å². The summed E-state index contributed by atoms with van der Waals surface area (Å²) in [5, 5.41) is 0.594. The monoisotopic (exact) mass is 434 g/mol. The third-order valence-corrected chi connectivity index (χ3v) is 6.45. The highest BCUT2D eigenvalue weighted by atomic mass is 35.5. The molecule has 2 heterocycles. The van der Waals surface area contributed by atoms with E-state index in [0.29, 0.717) is 30.1 Å². The molecule has 1 saturated heterocycles. The van der Waals surface area contributed by atoms with Gasteiger partial charge >= 0.3 is 0 Å². The molecule has 31 heavy (non-hydrogen) atoms. The lowest BCUT2D eigenvalue weighted by Crippen LogP contribution is -2.51. The van der Waals surface area contributed by atoms with Crippen LogP contribution in [0.4, 0.5) is 4.39 Å². The van der Waals surface area contributed by atoms with E-state index in [-0.39, 0.29) is 24.1 Å². The Morgan fingerprint density at radius 1 is 0.968 bits per heavy atom. The van der Waals surface area contributed by atoms with Crippen LogP contribution in [0.2, 0.25) is 5.02 Å². The summed E-state index contributed by atoms with van der Waals surface area (Å²) in [5.74, 6) is -0.418. The Balaban J connectivity index is 1.55. The first kappa shape index (κ1) is 19.8. The van der Waals surface area contributed by atoms with Crippen molar-refractivity contribution in [3.63, 3.8) is 0 Å². The number of nitrogens with zero attached hydrogens (tertiary/aromatic N) is 2. The van der Waals surface area contributed by atoms with E-state index in [4.69, 9.17) is 11.6 Å². The van der Waals surface area contributed by atoms with Gasteiger partial charge in [0, 0.05) is 41.2 Å². The molecule has 0 bridgehead atoms. The maximum atomic E-state index is 13.5. The van der Waals surface area contributed by atoms with Crippen LogP contribution in [0, 0.1) is 5.82 Å². The fraction of sp³-hybridized carbons (Fsp3) is 0.200. The molecule has 4 nitrogen and oxygen atoms in total. The number of hydrogen-bond acceptors (Lipinski definition) is 2. The quantitative estimate of drug-likeness (QED) is 0.601. The Morgan fingerprint density at radius 3 is 2.42 bits per heavy atom. The van der Waals surface area contributed by atoms with Gasteiger partial charge in [-0.1, -0.05) is 54.1 Å². The molecule has 0 aromatic heterocycles. The van der Waals surface area contributed by atoms with Crippen LogP contribution in [0.25, 0.3) is 0 Å². The molecule has 2 aliphatic heterocycles. The Labute approximate surface area is 184 Å². The lowest BCUT2D eigenvalue weighted by atomic mass is 9.89. The summed E-state index contributed by atoms with van der Waals surface area (Å²) >= 11 is 6.13. The second kappa shape index (κ2) is 7.50. The summed E-state index contributed by atoms with van der Waals surface area (Å²) in [6, 6.07) is 21.0. The van der Waals surface area contributed by atoms with Gasteiger partial charge in [-0.15, -0.1) is 0 Å². The molecule has 3 aromatic carbocycles. The molecule has 0 aliphatic carbocycles. The van der Waals surface area contributed by atoms with Crippen LogP contribution in [0.5, 0.6) is 0 Å². The molecule has 156 valence electrons. The molecule has 1 unspecified atom stereocenters. The fourth-order valence-corrected chi connectivity index (χ4v) is 4.95. The molecular weight excluding hydrogens is 415 g/mol. The molecule has 1 fully saturated rings. The van der Waals surface area contributed by atoms with E-state index < -0.39 is 5.66 Å². The molecule has 0 saturated carbocycles. The number of carbonyl (C=O) groups is 2. The number of halogens is 2. The van der Waals surface area contributed by atoms with Gasteiger partial charge in [0.2, 0.25) is 5.91 Å². The first-order valence-electron chi connectivity index (χ1n) is 10.2. The largest absolute Gasteiger partial charge is 0.310 e. The van der Waals surface area contributed by atoms with Crippen molar-refractivity contribution in [3.8, 4) is 0 Å². The Bertz CT molecular complexity index is 1160. The molecule has 5 rings (SSSR count). The predicted molar refractivity (Wildman–Crippen MR) is 116 cm³/mol. The second-order valence-corrected chi connectivity index (χ2v) is 8.29. The highest BCUT2D eigenvalue weighted by molar-refractivity contribution is 6.30. The number of fused-ring (bicyclic) bond motifs is 3. The van der Waals surface area contributed by atoms with Crippen LogP contribution in [0.3, 0.4) is 0 Å². The van der Waals surface area contributed by atoms with Gasteiger partial charge in [0.15, 0.2) is 5.66 Å².